The second kappa shape index (κ2) is 8.22. The molecule has 1 amide bonds. The summed E-state index contributed by atoms with van der Waals surface area (Å²) in [5.41, 5.74) is 2.06. The number of carbonyl (C=O) groups excluding carboxylic acids is 1. The SMILES string of the molecule is O=C(NCc1ccco1)c1ccc(-c2ccco2)nc1NCc1cccnc1. The molecule has 4 aromatic rings. The molecule has 0 saturated heterocycles. The average molecular weight is 374 g/mol. The van der Waals surface area contributed by atoms with Crippen LogP contribution >= 0.6 is 0 Å². The molecule has 0 aliphatic rings. The van der Waals surface area contributed by atoms with Gasteiger partial charge in [-0.15, -0.1) is 0 Å². The number of amides is 1. The van der Waals surface area contributed by atoms with E-state index in [-0.39, 0.29) is 5.91 Å². The number of pyridine rings is 2. The normalized spacial score (nSPS) is 10.6. The van der Waals surface area contributed by atoms with Gasteiger partial charge in [0.2, 0.25) is 0 Å². The zero-order valence-corrected chi connectivity index (χ0v) is 15.0. The highest BCUT2D eigenvalue weighted by Crippen LogP contribution is 2.23. The standard InChI is InChI=1S/C21H18N4O3/c26-21(24-14-16-5-2-10-27-16)17-7-8-18(19-6-3-11-28-19)25-20(17)23-13-15-4-1-9-22-12-15/h1-12H,13-14H2,(H,23,25)(H,24,26). The first kappa shape index (κ1) is 17.5. The fourth-order valence-electron chi connectivity index (χ4n) is 2.70. The molecule has 7 nitrogen and oxygen atoms in total. The summed E-state index contributed by atoms with van der Waals surface area (Å²) < 4.78 is 10.7. The highest BCUT2D eigenvalue weighted by atomic mass is 16.3. The van der Waals surface area contributed by atoms with Crippen LogP contribution in [0, 0.1) is 0 Å². The van der Waals surface area contributed by atoms with Crippen LogP contribution in [0.5, 0.6) is 0 Å². The lowest BCUT2D eigenvalue weighted by Gasteiger charge is -2.12. The third-order valence-electron chi connectivity index (χ3n) is 4.10. The van der Waals surface area contributed by atoms with Crippen molar-refractivity contribution in [2.45, 2.75) is 13.1 Å². The maximum atomic E-state index is 12.7. The summed E-state index contributed by atoms with van der Waals surface area (Å²) >= 11 is 0. The van der Waals surface area contributed by atoms with Crippen molar-refractivity contribution in [2.24, 2.45) is 0 Å². The molecule has 2 N–H and O–H groups in total. The van der Waals surface area contributed by atoms with E-state index < -0.39 is 0 Å². The molecule has 0 radical (unpaired) electrons. The molecule has 0 aliphatic carbocycles. The molecular formula is C21H18N4O3. The number of furan rings is 2. The molecule has 0 fully saturated rings. The largest absolute Gasteiger partial charge is 0.467 e. The van der Waals surface area contributed by atoms with Gasteiger partial charge in [-0.2, -0.15) is 0 Å². The Kier molecular flexibility index (Phi) is 5.15. The van der Waals surface area contributed by atoms with Crippen molar-refractivity contribution in [2.75, 3.05) is 5.32 Å². The van der Waals surface area contributed by atoms with E-state index in [1.165, 1.54) is 0 Å². The number of aromatic nitrogens is 2. The molecule has 4 aromatic heterocycles. The Morgan fingerprint density at radius 2 is 1.86 bits per heavy atom. The van der Waals surface area contributed by atoms with Gasteiger partial charge in [-0.25, -0.2) is 4.98 Å². The first-order valence-corrected chi connectivity index (χ1v) is 8.78. The van der Waals surface area contributed by atoms with Gasteiger partial charge in [0.05, 0.1) is 24.6 Å². The van der Waals surface area contributed by atoms with Gasteiger partial charge in [-0.05, 0) is 48.0 Å². The molecular weight excluding hydrogens is 356 g/mol. The summed E-state index contributed by atoms with van der Waals surface area (Å²) in [5.74, 6) is 1.53. The van der Waals surface area contributed by atoms with Gasteiger partial charge in [0.1, 0.15) is 17.3 Å². The fraction of sp³-hybridized carbons (Fsp3) is 0.0952. The Labute approximate surface area is 161 Å². The molecule has 0 unspecified atom stereocenters. The van der Waals surface area contributed by atoms with E-state index >= 15 is 0 Å². The first-order valence-electron chi connectivity index (χ1n) is 8.78. The van der Waals surface area contributed by atoms with E-state index in [0.717, 1.165) is 5.56 Å². The fourth-order valence-corrected chi connectivity index (χ4v) is 2.70. The number of carbonyl (C=O) groups is 1. The van der Waals surface area contributed by atoms with Gasteiger partial charge in [-0.1, -0.05) is 6.07 Å². The number of nitrogens with zero attached hydrogens (tertiary/aromatic N) is 2. The summed E-state index contributed by atoms with van der Waals surface area (Å²) in [6.07, 6.45) is 6.64. The lowest BCUT2D eigenvalue weighted by molar-refractivity contribution is 0.0948. The van der Waals surface area contributed by atoms with Crippen LogP contribution in [0.25, 0.3) is 11.5 Å². The third kappa shape index (κ3) is 4.09. The Bertz CT molecular complexity index is 1030. The maximum absolute atomic E-state index is 12.7. The molecule has 28 heavy (non-hydrogen) atoms. The van der Waals surface area contributed by atoms with Gasteiger partial charge < -0.3 is 19.5 Å². The minimum Gasteiger partial charge on any atom is -0.467 e. The predicted octanol–water partition coefficient (Wildman–Crippen LogP) is 3.87. The van der Waals surface area contributed by atoms with Crippen LogP contribution in [0.3, 0.4) is 0 Å². The molecule has 0 aliphatic heterocycles. The summed E-state index contributed by atoms with van der Waals surface area (Å²) in [6.45, 7) is 0.786. The summed E-state index contributed by atoms with van der Waals surface area (Å²) in [4.78, 5) is 21.4. The zero-order valence-electron chi connectivity index (χ0n) is 15.0. The molecule has 4 heterocycles. The highest BCUT2D eigenvalue weighted by molar-refractivity contribution is 5.99. The van der Waals surface area contributed by atoms with E-state index in [1.807, 2.05) is 18.2 Å². The van der Waals surface area contributed by atoms with Gasteiger partial charge in [0, 0.05) is 18.9 Å². The summed E-state index contributed by atoms with van der Waals surface area (Å²) in [5, 5.41) is 6.07. The minimum atomic E-state index is -0.247. The van der Waals surface area contributed by atoms with E-state index in [9.17, 15) is 4.79 Å². The van der Waals surface area contributed by atoms with Gasteiger partial charge in [0.25, 0.3) is 5.91 Å². The summed E-state index contributed by atoms with van der Waals surface area (Å²) in [6, 6.07) is 14.5. The number of rotatable bonds is 7. The molecule has 0 saturated carbocycles. The third-order valence-corrected chi connectivity index (χ3v) is 4.10. The van der Waals surface area contributed by atoms with Crippen molar-refractivity contribution < 1.29 is 13.6 Å². The van der Waals surface area contributed by atoms with E-state index in [0.29, 0.717) is 41.7 Å². The van der Waals surface area contributed by atoms with Gasteiger partial charge in [0.15, 0.2) is 5.76 Å². The van der Waals surface area contributed by atoms with Crippen LogP contribution in [-0.4, -0.2) is 15.9 Å². The molecule has 7 heteroatoms. The zero-order chi connectivity index (χ0) is 19.2. The van der Waals surface area contributed by atoms with Crippen molar-refractivity contribution in [3.05, 3.63) is 90.3 Å². The highest BCUT2D eigenvalue weighted by Gasteiger charge is 2.15. The van der Waals surface area contributed by atoms with Gasteiger partial charge in [-0.3, -0.25) is 9.78 Å². The number of nitrogens with one attached hydrogen (secondary N) is 2. The summed E-state index contributed by atoms with van der Waals surface area (Å²) in [7, 11) is 0. The molecule has 0 aromatic carbocycles. The molecule has 0 atom stereocenters. The quantitative estimate of drug-likeness (QED) is 0.510. The second-order valence-corrected chi connectivity index (χ2v) is 6.05. The van der Waals surface area contributed by atoms with Crippen LogP contribution in [0.2, 0.25) is 0 Å². The van der Waals surface area contributed by atoms with Crippen LogP contribution in [0.4, 0.5) is 5.82 Å². The van der Waals surface area contributed by atoms with Crippen molar-refractivity contribution in [3.8, 4) is 11.5 Å². The van der Waals surface area contributed by atoms with Crippen molar-refractivity contribution in [1.82, 2.24) is 15.3 Å². The molecule has 0 spiro atoms. The topological polar surface area (TPSA) is 93.2 Å². The monoisotopic (exact) mass is 374 g/mol. The lowest BCUT2D eigenvalue weighted by Crippen LogP contribution is -2.24. The van der Waals surface area contributed by atoms with E-state index in [1.54, 1.807) is 55.3 Å². The second-order valence-electron chi connectivity index (χ2n) is 6.05. The predicted molar refractivity (Wildman–Crippen MR) is 103 cm³/mol. The average Bonchev–Trinajstić information content (AvgIpc) is 3.45. The number of hydrogen-bond donors (Lipinski definition) is 2. The molecule has 140 valence electrons. The Morgan fingerprint density at radius 1 is 0.964 bits per heavy atom. The Hall–Kier alpha value is -3.87. The maximum Gasteiger partial charge on any atom is 0.255 e. The van der Waals surface area contributed by atoms with Crippen LogP contribution in [0.15, 0.2) is 82.3 Å². The molecule has 4 rings (SSSR count). The van der Waals surface area contributed by atoms with Crippen molar-refractivity contribution in [1.29, 1.82) is 0 Å². The van der Waals surface area contributed by atoms with Crippen molar-refractivity contribution in [3.63, 3.8) is 0 Å². The van der Waals surface area contributed by atoms with E-state index in [2.05, 4.69) is 20.6 Å². The smallest absolute Gasteiger partial charge is 0.255 e. The van der Waals surface area contributed by atoms with Crippen LogP contribution in [0.1, 0.15) is 21.7 Å². The molecule has 0 bridgehead atoms. The van der Waals surface area contributed by atoms with Crippen LogP contribution < -0.4 is 10.6 Å². The van der Waals surface area contributed by atoms with Crippen molar-refractivity contribution >= 4 is 11.7 Å². The number of hydrogen-bond acceptors (Lipinski definition) is 6. The van der Waals surface area contributed by atoms with E-state index in [4.69, 9.17) is 8.83 Å². The lowest BCUT2D eigenvalue weighted by atomic mass is 10.2. The Morgan fingerprint density at radius 3 is 2.61 bits per heavy atom. The minimum absolute atomic E-state index is 0.247. The Balaban J connectivity index is 1.57. The first-order chi connectivity index (χ1) is 13.8. The number of anilines is 1. The van der Waals surface area contributed by atoms with Gasteiger partial charge >= 0.3 is 0 Å². The van der Waals surface area contributed by atoms with Crippen LogP contribution in [-0.2, 0) is 13.1 Å².